The predicted molar refractivity (Wildman–Crippen MR) is 119 cm³/mol. The van der Waals surface area contributed by atoms with Crippen LogP contribution in [0.1, 0.15) is 53.2 Å². The molecule has 1 aromatic heterocycles. The Bertz CT molecular complexity index is 968. The quantitative estimate of drug-likeness (QED) is 0.574. The van der Waals surface area contributed by atoms with Gasteiger partial charge in [-0.25, -0.2) is 0 Å². The van der Waals surface area contributed by atoms with Gasteiger partial charge in [0.1, 0.15) is 0 Å². The molecule has 0 bridgehead atoms. The van der Waals surface area contributed by atoms with Gasteiger partial charge >= 0.3 is 0 Å². The molecule has 1 unspecified atom stereocenters. The summed E-state index contributed by atoms with van der Waals surface area (Å²) in [5.74, 6) is 0.0122. The minimum Gasteiger partial charge on any atom is -0.352 e. The first-order chi connectivity index (χ1) is 14.5. The van der Waals surface area contributed by atoms with Crippen LogP contribution in [-0.4, -0.2) is 16.8 Å². The van der Waals surface area contributed by atoms with Crippen molar-refractivity contribution in [3.63, 3.8) is 0 Å². The fourth-order valence-electron chi connectivity index (χ4n) is 3.16. The average molecular weight is 402 g/mol. The maximum absolute atomic E-state index is 12.3. The summed E-state index contributed by atoms with van der Waals surface area (Å²) >= 11 is 0. The molecule has 0 spiro atoms. The number of carbonyl (C=O) groups is 2. The lowest BCUT2D eigenvalue weighted by Crippen LogP contribution is -2.24. The lowest BCUT2D eigenvalue weighted by atomic mass is 9.96. The summed E-state index contributed by atoms with van der Waals surface area (Å²) in [5.41, 5.74) is 4.72. The maximum Gasteiger partial charge on any atom is 0.255 e. The number of hydrogen-bond acceptors (Lipinski definition) is 3. The van der Waals surface area contributed by atoms with E-state index in [2.05, 4.69) is 53.7 Å². The average Bonchev–Trinajstić information content (AvgIpc) is 2.79. The van der Waals surface area contributed by atoms with Crippen LogP contribution in [0.15, 0.2) is 73.1 Å². The zero-order valence-electron chi connectivity index (χ0n) is 17.4. The first kappa shape index (κ1) is 21.2. The van der Waals surface area contributed by atoms with Crippen LogP contribution in [0.4, 0.5) is 5.69 Å². The molecule has 0 aliphatic heterocycles. The van der Waals surface area contributed by atoms with Crippen molar-refractivity contribution in [2.24, 2.45) is 0 Å². The largest absolute Gasteiger partial charge is 0.352 e. The number of amides is 2. The second-order valence-corrected chi connectivity index (χ2v) is 7.36. The van der Waals surface area contributed by atoms with E-state index in [1.54, 1.807) is 24.5 Å². The van der Waals surface area contributed by atoms with Gasteiger partial charge in [0, 0.05) is 36.6 Å². The van der Waals surface area contributed by atoms with Crippen LogP contribution in [0.5, 0.6) is 0 Å². The summed E-state index contributed by atoms with van der Waals surface area (Å²) in [6, 6.07) is 19.3. The molecule has 3 rings (SSSR count). The van der Waals surface area contributed by atoms with Gasteiger partial charge in [-0.1, -0.05) is 50.2 Å². The minimum atomic E-state index is -0.181. The third-order valence-electron chi connectivity index (χ3n) is 5.09. The van der Waals surface area contributed by atoms with Crippen molar-refractivity contribution in [1.29, 1.82) is 0 Å². The van der Waals surface area contributed by atoms with Crippen LogP contribution in [0, 0.1) is 0 Å². The molecule has 154 valence electrons. The molecule has 3 aromatic rings. The van der Waals surface area contributed by atoms with Crippen LogP contribution in [0.2, 0.25) is 0 Å². The van der Waals surface area contributed by atoms with E-state index in [0.29, 0.717) is 24.2 Å². The van der Waals surface area contributed by atoms with Crippen molar-refractivity contribution in [3.8, 4) is 0 Å². The Kier molecular flexibility index (Phi) is 7.33. The molecule has 1 atom stereocenters. The lowest BCUT2D eigenvalue weighted by Gasteiger charge is -2.13. The maximum atomic E-state index is 12.3. The number of benzene rings is 2. The number of anilines is 1. The number of hydrogen-bond donors (Lipinski definition) is 2. The molecule has 2 N–H and O–H groups in total. The third-order valence-corrected chi connectivity index (χ3v) is 5.09. The van der Waals surface area contributed by atoms with Gasteiger partial charge in [-0.05, 0) is 53.3 Å². The number of aromatic nitrogens is 1. The Labute approximate surface area is 177 Å². The number of rotatable bonds is 8. The standard InChI is InChI=1S/C25H27N3O2/c1-3-19-4-8-21(9-5-19)18(2)16-24(29)27-17-20-6-10-23(11-7-20)28-25(30)22-12-14-26-15-13-22/h4-15,18H,3,16-17H2,1-2H3,(H,27,29)(H,28,30). The summed E-state index contributed by atoms with van der Waals surface area (Å²) < 4.78 is 0. The molecule has 0 aliphatic rings. The summed E-state index contributed by atoms with van der Waals surface area (Å²) in [7, 11) is 0. The van der Waals surface area contributed by atoms with Gasteiger partial charge in [0.2, 0.25) is 5.91 Å². The molecule has 5 heteroatoms. The molecule has 0 saturated carbocycles. The normalized spacial score (nSPS) is 11.5. The number of nitrogens with zero attached hydrogens (tertiary/aromatic N) is 1. The van der Waals surface area contributed by atoms with Gasteiger partial charge in [-0.2, -0.15) is 0 Å². The minimum absolute atomic E-state index is 0.0251. The van der Waals surface area contributed by atoms with E-state index in [-0.39, 0.29) is 17.7 Å². The van der Waals surface area contributed by atoms with Crippen molar-refractivity contribution >= 4 is 17.5 Å². The Morgan fingerprint density at radius 1 is 0.900 bits per heavy atom. The van der Waals surface area contributed by atoms with Crippen molar-refractivity contribution in [3.05, 3.63) is 95.3 Å². The molecule has 0 radical (unpaired) electrons. The summed E-state index contributed by atoms with van der Waals surface area (Å²) in [6.45, 7) is 4.66. The molecular formula is C25H27N3O2. The van der Waals surface area contributed by atoms with Crippen molar-refractivity contribution in [2.75, 3.05) is 5.32 Å². The topological polar surface area (TPSA) is 71.1 Å². The summed E-state index contributed by atoms with van der Waals surface area (Å²) in [5, 5.41) is 5.82. The molecule has 1 heterocycles. The highest BCUT2D eigenvalue weighted by Crippen LogP contribution is 2.20. The predicted octanol–water partition coefficient (Wildman–Crippen LogP) is 4.71. The van der Waals surface area contributed by atoms with E-state index in [9.17, 15) is 9.59 Å². The fraction of sp³-hybridized carbons (Fsp3) is 0.240. The van der Waals surface area contributed by atoms with Gasteiger partial charge in [-0.15, -0.1) is 0 Å². The van der Waals surface area contributed by atoms with Crippen LogP contribution in [0.3, 0.4) is 0 Å². The van der Waals surface area contributed by atoms with E-state index in [1.165, 1.54) is 11.1 Å². The molecule has 30 heavy (non-hydrogen) atoms. The van der Waals surface area contributed by atoms with Crippen molar-refractivity contribution in [2.45, 2.75) is 39.2 Å². The monoisotopic (exact) mass is 401 g/mol. The number of carbonyl (C=O) groups excluding carboxylic acids is 2. The van der Waals surface area contributed by atoms with E-state index in [4.69, 9.17) is 0 Å². The van der Waals surface area contributed by atoms with Crippen LogP contribution < -0.4 is 10.6 Å². The van der Waals surface area contributed by atoms with Crippen molar-refractivity contribution in [1.82, 2.24) is 10.3 Å². The molecule has 2 aromatic carbocycles. The highest BCUT2D eigenvalue weighted by molar-refractivity contribution is 6.04. The summed E-state index contributed by atoms with van der Waals surface area (Å²) in [6.07, 6.45) is 4.64. The smallest absolute Gasteiger partial charge is 0.255 e. The second-order valence-electron chi connectivity index (χ2n) is 7.36. The number of aryl methyl sites for hydroxylation is 1. The van der Waals surface area contributed by atoms with Gasteiger partial charge in [0.15, 0.2) is 0 Å². The Hall–Kier alpha value is -3.47. The fourth-order valence-corrected chi connectivity index (χ4v) is 3.16. The van der Waals surface area contributed by atoms with E-state index < -0.39 is 0 Å². The highest BCUT2D eigenvalue weighted by atomic mass is 16.2. The first-order valence-electron chi connectivity index (χ1n) is 10.2. The SMILES string of the molecule is CCc1ccc(C(C)CC(=O)NCc2ccc(NC(=O)c3ccncc3)cc2)cc1. The Morgan fingerprint density at radius 2 is 1.53 bits per heavy atom. The van der Waals surface area contributed by atoms with E-state index >= 15 is 0 Å². The Balaban J connectivity index is 1.47. The zero-order valence-corrected chi connectivity index (χ0v) is 17.4. The highest BCUT2D eigenvalue weighted by Gasteiger charge is 2.11. The first-order valence-corrected chi connectivity index (χ1v) is 10.2. The molecule has 0 saturated heterocycles. The van der Waals surface area contributed by atoms with Crippen LogP contribution in [0.25, 0.3) is 0 Å². The molecule has 2 amide bonds. The van der Waals surface area contributed by atoms with Crippen molar-refractivity contribution < 1.29 is 9.59 Å². The van der Waals surface area contributed by atoms with Gasteiger partial charge in [0.25, 0.3) is 5.91 Å². The van der Waals surface area contributed by atoms with Crippen LogP contribution >= 0.6 is 0 Å². The van der Waals surface area contributed by atoms with Gasteiger partial charge < -0.3 is 10.6 Å². The molecule has 0 fully saturated rings. The molecule has 5 nitrogen and oxygen atoms in total. The lowest BCUT2D eigenvalue weighted by molar-refractivity contribution is -0.121. The zero-order chi connectivity index (χ0) is 21.3. The number of nitrogens with one attached hydrogen (secondary N) is 2. The second kappa shape index (κ2) is 10.3. The van der Waals surface area contributed by atoms with E-state index in [0.717, 1.165) is 12.0 Å². The summed E-state index contributed by atoms with van der Waals surface area (Å²) in [4.78, 5) is 28.4. The van der Waals surface area contributed by atoms with Gasteiger partial charge in [-0.3, -0.25) is 14.6 Å². The van der Waals surface area contributed by atoms with E-state index in [1.807, 2.05) is 24.3 Å². The molecular weight excluding hydrogens is 374 g/mol. The van der Waals surface area contributed by atoms with Gasteiger partial charge in [0.05, 0.1) is 0 Å². The van der Waals surface area contributed by atoms with Crippen LogP contribution in [-0.2, 0) is 17.8 Å². The Morgan fingerprint density at radius 3 is 2.17 bits per heavy atom. The third kappa shape index (κ3) is 6.01. The number of pyridine rings is 1. The molecule has 0 aliphatic carbocycles.